The number of carboxylic acids is 1. The van der Waals surface area contributed by atoms with E-state index in [9.17, 15) is 14.4 Å². The van der Waals surface area contributed by atoms with E-state index in [-0.39, 0.29) is 11.8 Å². The number of hydrogen-bond donors (Lipinski definition) is 1. The van der Waals surface area contributed by atoms with Crippen LogP contribution < -0.4 is 0 Å². The number of piperazine rings is 1. The van der Waals surface area contributed by atoms with Crippen LogP contribution in [0.3, 0.4) is 0 Å². The summed E-state index contributed by atoms with van der Waals surface area (Å²) in [5.74, 6) is -1.19. The van der Waals surface area contributed by atoms with Gasteiger partial charge in [0.05, 0.1) is 4.88 Å². The molecule has 0 aliphatic carbocycles. The van der Waals surface area contributed by atoms with Crippen molar-refractivity contribution in [2.45, 2.75) is 32.0 Å². The van der Waals surface area contributed by atoms with Gasteiger partial charge in [-0.3, -0.25) is 9.59 Å². The zero-order chi connectivity index (χ0) is 17.3. The molecule has 2 aliphatic rings. The first-order valence-corrected chi connectivity index (χ1v) is 8.80. The minimum atomic E-state index is -1.02. The Balaban J connectivity index is 1.52. The number of hydrogen-bond acceptors (Lipinski definition) is 5. The Morgan fingerprint density at radius 2 is 1.71 bits per heavy atom. The Labute approximate surface area is 143 Å². The van der Waals surface area contributed by atoms with Crippen LogP contribution in [0.2, 0.25) is 0 Å². The van der Waals surface area contributed by atoms with Gasteiger partial charge >= 0.3 is 5.97 Å². The quantitative estimate of drug-likeness (QED) is 0.876. The number of carboxylic acid groups (broad SMARTS) is 1. The Kier molecular flexibility index (Phi) is 4.86. The second-order valence-corrected chi connectivity index (χ2v) is 7.34. The molecule has 0 aromatic carbocycles. The molecule has 1 N–H and O–H groups in total. The Bertz CT molecular complexity index is 651. The van der Waals surface area contributed by atoms with Crippen molar-refractivity contribution in [3.05, 3.63) is 21.9 Å². The van der Waals surface area contributed by atoms with Gasteiger partial charge in [0, 0.05) is 31.1 Å². The van der Waals surface area contributed by atoms with E-state index in [0.29, 0.717) is 39.0 Å². The number of ether oxygens (including phenoxy) is 1. The van der Waals surface area contributed by atoms with Crippen LogP contribution in [0, 0.1) is 6.92 Å². The first-order valence-electron chi connectivity index (χ1n) is 7.98. The lowest BCUT2D eigenvalue weighted by molar-refractivity contribution is -0.155. The summed E-state index contributed by atoms with van der Waals surface area (Å²) in [5, 5.41) is 8.94. The van der Waals surface area contributed by atoms with Gasteiger partial charge in [-0.05, 0) is 31.9 Å². The molecule has 1 aromatic heterocycles. The van der Waals surface area contributed by atoms with E-state index in [4.69, 9.17) is 9.84 Å². The molecule has 0 unspecified atom stereocenters. The second kappa shape index (κ2) is 6.90. The van der Waals surface area contributed by atoms with Crippen molar-refractivity contribution in [3.63, 3.8) is 0 Å². The maximum Gasteiger partial charge on any atom is 0.332 e. The minimum Gasteiger partial charge on any atom is -0.479 e. The third-order valence-corrected chi connectivity index (χ3v) is 5.39. The number of nitrogens with zero attached hydrogens (tertiary/aromatic N) is 2. The third-order valence-electron chi connectivity index (χ3n) is 4.40. The van der Waals surface area contributed by atoms with Crippen LogP contribution in [0.15, 0.2) is 12.1 Å². The fourth-order valence-electron chi connectivity index (χ4n) is 3.04. The van der Waals surface area contributed by atoms with Crippen molar-refractivity contribution in [1.82, 2.24) is 9.80 Å². The van der Waals surface area contributed by atoms with Crippen molar-refractivity contribution >= 4 is 29.1 Å². The van der Waals surface area contributed by atoms with Crippen molar-refractivity contribution in [3.8, 4) is 0 Å². The molecule has 0 spiro atoms. The summed E-state index contributed by atoms with van der Waals surface area (Å²) in [7, 11) is 0. The number of rotatable bonds is 3. The number of aryl methyl sites for hydroxylation is 1. The fraction of sp³-hybridized carbons (Fsp3) is 0.562. The van der Waals surface area contributed by atoms with Gasteiger partial charge in [-0.15, -0.1) is 11.3 Å². The highest BCUT2D eigenvalue weighted by atomic mass is 32.1. The van der Waals surface area contributed by atoms with Crippen LogP contribution in [0.5, 0.6) is 0 Å². The molecule has 130 valence electrons. The van der Waals surface area contributed by atoms with E-state index in [1.807, 2.05) is 19.1 Å². The Morgan fingerprint density at radius 3 is 2.25 bits per heavy atom. The summed E-state index contributed by atoms with van der Waals surface area (Å²) in [6.45, 7) is 3.83. The smallest absolute Gasteiger partial charge is 0.332 e. The number of carbonyl (C=O) groups excluding carboxylic acids is 2. The highest BCUT2D eigenvalue weighted by Crippen LogP contribution is 2.23. The lowest BCUT2D eigenvalue weighted by atomic mass is 10.1. The molecule has 8 heteroatoms. The standard InChI is InChI=1S/C16H20N2O5S/c1-10-2-5-13(24-10)15(20)18-8-6-17(7-9-18)14(19)11-3-4-12(23-11)16(21)22/h2,5,11-12H,3-4,6-9H2,1H3,(H,21,22)/t11-,12+/m0/s1. The lowest BCUT2D eigenvalue weighted by Gasteiger charge is -2.35. The van der Waals surface area contributed by atoms with Gasteiger partial charge in [0.25, 0.3) is 11.8 Å². The lowest BCUT2D eigenvalue weighted by Crippen LogP contribution is -2.52. The maximum atomic E-state index is 12.4. The fourth-order valence-corrected chi connectivity index (χ4v) is 3.87. The second-order valence-electron chi connectivity index (χ2n) is 6.06. The summed E-state index contributed by atoms with van der Waals surface area (Å²) in [6.07, 6.45) is -0.761. The molecular formula is C16H20N2O5S. The molecule has 3 heterocycles. The van der Waals surface area contributed by atoms with Gasteiger partial charge in [-0.2, -0.15) is 0 Å². The molecule has 2 amide bonds. The Morgan fingerprint density at radius 1 is 1.08 bits per heavy atom. The molecule has 0 saturated carbocycles. The van der Waals surface area contributed by atoms with E-state index in [0.717, 1.165) is 9.75 Å². The molecule has 2 fully saturated rings. The first-order chi connectivity index (χ1) is 11.5. The number of thiophene rings is 1. The summed E-state index contributed by atoms with van der Waals surface area (Å²) in [4.78, 5) is 41.0. The molecule has 7 nitrogen and oxygen atoms in total. The number of aliphatic carboxylic acids is 1. The van der Waals surface area contributed by atoms with E-state index in [1.54, 1.807) is 9.80 Å². The predicted molar refractivity (Wildman–Crippen MR) is 87.1 cm³/mol. The van der Waals surface area contributed by atoms with E-state index >= 15 is 0 Å². The predicted octanol–water partition coefficient (Wildman–Crippen LogP) is 0.973. The normalized spacial score (nSPS) is 24.2. The van der Waals surface area contributed by atoms with Crippen molar-refractivity contribution < 1.29 is 24.2 Å². The highest BCUT2D eigenvalue weighted by molar-refractivity contribution is 7.13. The zero-order valence-electron chi connectivity index (χ0n) is 13.4. The highest BCUT2D eigenvalue weighted by Gasteiger charge is 2.37. The van der Waals surface area contributed by atoms with E-state index in [2.05, 4.69) is 0 Å². The summed E-state index contributed by atoms with van der Waals surface area (Å²) < 4.78 is 5.31. The first kappa shape index (κ1) is 16.9. The monoisotopic (exact) mass is 352 g/mol. The van der Waals surface area contributed by atoms with Crippen LogP contribution in [-0.2, 0) is 14.3 Å². The molecule has 24 heavy (non-hydrogen) atoms. The van der Waals surface area contributed by atoms with Gasteiger partial charge in [-0.25, -0.2) is 4.79 Å². The van der Waals surface area contributed by atoms with E-state index in [1.165, 1.54) is 11.3 Å². The van der Waals surface area contributed by atoms with Crippen LogP contribution in [0.25, 0.3) is 0 Å². The van der Waals surface area contributed by atoms with Crippen LogP contribution in [-0.4, -0.2) is 71.1 Å². The van der Waals surface area contributed by atoms with Gasteiger partial charge < -0.3 is 19.6 Å². The zero-order valence-corrected chi connectivity index (χ0v) is 14.3. The van der Waals surface area contributed by atoms with Gasteiger partial charge in [0.2, 0.25) is 0 Å². The van der Waals surface area contributed by atoms with Crippen LogP contribution in [0.4, 0.5) is 0 Å². The van der Waals surface area contributed by atoms with Crippen molar-refractivity contribution in [2.75, 3.05) is 26.2 Å². The third kappa shape index (κ3) is 3.44. The summed E-state index contributed by atoms with van der Waals surface area (Å²) in [6, 6.07) is 3.76. The summed E-state index contributed by atoms with van der Waals surface area (Å²) >= 11 is 1.47. The molecule has 0 radical (unpaired) electrons. The van der Waals surface area contributed by atoms with Gasteiger partial charge in [0.15, 0.2) is 6.10 Å². The molecule has 1 aromatic rings. The average Bonchev–Trinajstić information content (AvgIpc) is 3.23. The van der Waals surface area contributed by atoms with Crippen molar-refractivity contribution in [1.29, 1.82) is 0 Å². The SMILES string of the molecule is Cc1ccc(C(=O)N2CCN(C(=O)[C@@H]3CC[C@H](C(=O)O)O3)CC2)s1. The largest absolute Gasteiger partial charge is 0.479 e. The van der Waals surface area contributed by atoms with Crippen LogP contribution >= 0.6 is 11.3 Å². The van der Waals surface area contributed by atoms with Crippen LogP contribution in [0.1, 0.15) is 27.4 Å². The molecular weight excluding hydrogens is 332 g/mol. The van der Waals surface area contributed by atoms with E-state index < -0.39 is 18.2 Å². The summed E-state index contributed by atoms with van der Waals surface area (Å²) in [5.41, 5.74) is 0. The van der Waals surface area contributed by atoms with Gasteiger partial charge in [0.1, 0.15) is 6.10 Å². The average molecular weight is 352 g/mol. The topological polar surface area (TPSA) is 87.2 Å². The number of carbonyl (C=O) groups is 3. The number of amides is 2. The molecule has 2 atom stereocenters. The Hall–Kier alpha value is -1.93. The molecule has 3 rings (SSSR count). The minimum absolute atomic E-state index is 0.00302. The maximum absolute atomic E-state index is 12.4. The van der Waals surface area contributed by atoms with Gasteiger partial charge in [-0.1, -0.05) is 0 Å². The van der Waals surface area contributed by atoms with Crippen molar-refractivity contribution in [2.24, 2.45) is 0 Å². The molecule has 2 aliphatic heterocycles. The molecule has 2 saturated heterocycles. The molecule has 0 bridgehead atoms.